The van der Waals surface area contributed by atoms with Crippen molar-refractivity contribution in [2.75, 3.05) is 0 Å². The van der Waals surface area contributed by atoms with E-state index in [2.05, 4.69) is 5.32 Å². The fourth-order valence-corrected chi connectivity index (χ4v) is 2.05. The van der Waals surface area contributed by atoms with E-state index in [0.29, 0.717) is 12.0 Å². The second-order valence-electron chi connectivity index (χ2n) is 4.70. The Morgan fingerprint density at radius 3 is 2.55 bits per heavy atom. The van der Waals surface area contributed by atoms with E-state index < -0.39 is 23.6 Å². The van der Waals surface area contributed by atoms with Crippen LogP contribution in [0.15, 0.2) is 24.3 Å². The zero-order valence-corrected chi connectivity index (χ0v) is 11.3. The number of nitro groups is 1. The van der Waals surface area contributed by atoms with Gasteiger partial charge >= 0.3 is 6.18 Å². The van der Waals surface area contributed by atoms with Crippen molar-refractivity contribution in [1.29, 1.82) is 0 Å². The number of hydrogen-bond acceptors (Lipinski definition) is 3. The summed E-state index contributed by atoms with van der Waals surface area (Å²) in [5.41, 5.74) is 0.557. The van der Waals surface area contributed by atoms with E-state index in [4.69, 9.17) is 0 Å². The minimum absolute atomic E-state index is 0.0637. The average molecular weight is 290 g/mol. The van der Waals surface area contributed by atoms with Crippen molar-refractivity contribution in [1.82, 2.24) is 5.32 Å². The fraction of sp³-hybridized carbons (Fsp3) is 0.538. The number of alkyl halides is 3. The first kappa shape index (κ1) is 16.4. The van der Waals surface area contributed by atoms with Crippen molar-refractivity contribution >= 4 is 5.69 Å². The van der Waals surface area contributed by atoms with E-state index >= 15 is 0 Å². The van der Waals surface area contributed by atoms with Crippen LogP contribution in [0, 0.1) is 10.1 Å². The first-order valence-electron chi connectivity index (χ1n) is 6.30. The average Bonchev–Trinajstić information content (AvgIpc) is 2.34. The Morgan fingerprint density at radius 1 is 1.40 bits per heavy atom. The number of halogens is 3. The lowest BCUT2D eigenvalue weighted by Gasteiger charge is -2.23. The third kappa shape index (κ3) is 5.16. The number of nitrogens with zero attached hydrogens (tertiary/aromatic N) is 1. The van der Waals surface area contributed by atoms with Gasteiger partial charge in [-0.15, -0.1) is 0 Å². The predicted molar refractivity (Wildman–Crippen MR) is 69.4 cm³/mol. The molecule has 4 nitrogen and oxygen atoms in total. The number of nitrogens with one attached hydrogen (secondary N) is 1. The smallest absolute Gasteiger partial charge is 0.307 e. The van der Waals surface area contributed by atoms with Crippen molar-refractivity contribution in [2.45, 2.75) is 44.9 Å². The van der Waals surface area contributed by atoms with Crippen LogP contribution in [0.2, 0.25) is 0 Å². The molecule has 0 saturated heterocycles. The maximum absolute atomic E-state index is 12.3. The second kappa shape index (κ2) is 6.69. The molecular weight excluding hydrogens is 273 g/mol. The van der Waals surface area contributed by atoms with Gasteiger partial charge in [0, 0.05) is 24.2 Å². The summed E-state index contributed by atoms with van der Waals surface area (Å²) in [6.07, 6.45) is -4.62. The summed E-state index contributed by atoms with van der Waals surface area (Å²) in [6, 6.07) is 4.86. The van der Waals surface area contributed by atoms with Gasteiger partial charge in [-0.3, -0.25) is 10.1 Å². The van der Waals surface area contributed by atoms with E-state index in [9.17, 15) is 23.3 Å². The molecule has 2 unspecified atom stereocenters. The highest BCUT2D eigenvalue weighted by atomic mass is 19.4. The van der Waals surface area contributed by atoms with Gasteiger partial charge in [0.2, 0.25) is 0 Å². The normalized spacial score (nSPS) is 14.8. The van der Waals surface area contributed by atoms with Gasteiger partial charge in [0.05, 0.1) is 11.3 Å². The van der Waals surface area contributed by atoms with Gasteiger partial charge in [0.15, 0.2) is 0 Å². The number of nitro benzene ring substituents is 1. The van der Waals surface area contributed by atoms with Gasteiger partial charge in [0.25, 0.3) is 5.69 Å². The lowest BCUT2D eigenvalue weighted by molar-refractivity contribution is -0.384. The lowest BCUT2D eigenvalue weighted by Crippen LogP contribution is -2.34. The summed E-state index contributed by atoms with van der Waals surface area (Å²) in [6.45, 7) is 3.27. The maximum Gasteiger partial charge on any atom is 0.390 e. The van der Waals surface area contributed by atoms with Gasteiger partial charge in [-0.25, -0.2) is 0 Å². The molecule has 0 aliphatic rings. The van der Waals surface area contributed by atoms with E-state index in [-0.39, 0.29) is 11.7 Å². The SMILES string of the molecule is CCC(NC(C)CC(F)(F)F)c1cccc([N+](=O)[O-])c1. The number of hydrogen-bond donors (Lipinski definition) is 1. The van der Waals surface area contributed by atoms with Crippen LogP contribution in [0.25, 0.3) is 0 Å². The molecule has 0 saturated carbocycles. The summed E-state index contributed by atoms with van der Waals surface area (Å²) in [7, 11) is 0. The number of non-ortho nitro benzene ring substituents is 1. The van der Waals surface area contributed by atoms with Crippen LogP contribution >= 0.6 is 0 Å². The Balaban J connectivity index is 2.80. The van der Waals surface area contributed by atoms with Crippen molar-refractivity contribution in [2.24, 2.45) is 0 Å². The minimum Gasteiger partial charge on any atom is -0.307 e. The van der Waals surface area contributed by atoms with Crippen LogP contribution < -0.4 is 5.32 Å². The Kier molecular flexibility index (Phi) is 5.50. The van der Waals surface area contributed by atoms with Crippen molar-refractivity contribution in [3.05, 3.63) is 39.9 Å². The summed E-state index contributed by atoms with van der Waals surface area (Å²) in [5, 5.41) is 13.6. The van der Waals surface area contributed by atoms with E-state index in [1.54, 1.807) is 6.07 Å². The molecule has 1 aromatic carbocycles. The van der Waals surface area contributed by atoms with Gasteiger partial charge < -0.3 is 5.32 Å². The molecule has 0 fully saturated rings. The Bertz CT molecular complexity index is 463. The van der Waals surface area contributed by atoms with E-state index in [1.807, 2.05) is 6.92 Å². The van der Waals surface area contributed by atoms with Crippen LogP contribution in [-0.4, -0.2) is 17.1 Å². The summed E-state index contributed by atoms with van der Waals surface area (Å²) in [5.74, 6) is 0. The highest BCUT2D eigenvalue weighted by Crippen LogP contribution is 2.25. The Hall–Kier alpha value is -1.63. The zero-order chi connectivity index (χ0) is 15.3. The molecule has 1 N–H and O–H groups in total. The molecule has 0 bridgehead atoms. The quantitative estimate of drug-likeness (QED) is 0.637. The highest BCUT2D eigenvalue weighted by molar-refractivity contribution is 5.35. The highest BCUT2D eigenvalue weighted by Gasteiger charge is 2.30. The van der Waals surface area contributed by atoms with E-state index in [0.717, 1.165) is 0 Å². The van der Waals surface area contributed by atoms with Gasteiger partial charge in [-0.1, -0.05) is 19.1 Å². The molecule has 0 heterocycles. The van der Waals surface area contributed by atoms with Crippen LogP contribution in [0.3, 0.4) is 0 Å². The molecule has 0 amide bonds. The summed E-state index contributed by atoms with van der Waals surface area (Å²) in [4.78, 5) is 10.2. The predicted octanol–water partition coefficient (Wildman–Crippen LogP) is 3.98. The first-order valence-corrected chi connectivity index (χ1v) is 6.30. The molecule has 112 valence electrons. The number of benzene rings is 1. The van der Waals surface area contributed by atoms with Gasteiger partial charge in [-0.2, -0.15) is 13.2 Å². The monoisotopic (exact) mass is 290 g/mol. The van der Waals surface area contributed by atoms with E-state index in [1.165, 1.54) is 25.1 Å². The molecule has 0 spiro atoms. The van der Waals surface area contributed by atoms with Gasteiger partial charge in [0.1, 0.15) is 0 Å². The molecule has 0 aliphatic carbocycles. The molecule has 7 heteroatoms. The number of rotatable bonds is 6. The molecule has 0 aliphatic heterocycles. The lowest BCUT2D eigenvalue weighted by atomic mass is 10.0. The van der Waals surface area contributed by atoms with Crippen molar-refractivity contribution < 1.29 is 18.1 Å². The Morgan fingerprint density at radius 2 is 2.05 bits per heavy atom. The molecule has 2 atom stereocenters. The minimum atomic E-state index is -4.23. The molecule has 0 aromatic heterocycles. The van der Waals surface area contributed by atoms with Crippen LogP contribution in [0.1, 0.15) is 38.3 Å². The molecular formula is C13H17F3N2O2. The first-order chi connectivity index (χ1) is 9.23. The van der Waals surface area contributed by atoms with Crippen LogP contribution in [0.4, 0.5) is 18.9 Å². The van der Waals surface area contributed by atoms with Crippen LogP contribution in [-0.2, 0) is 0 Å². The van der Waals surface area contributed by atoms with Crippen molar-refractivity contribution in [3.8, 4) is 0 Å². The largest absolute Gasteiger partial charge is 0.390 e. The summed E-state index contributed by atoms with van der Waals surface area (Å²) < 4.78 is 36.9. The molecule has 1 aromatic rings. The van der Waals surface area contributed by atoms with Crippen LogP contribution in [0.5, 0.6) is 0 Å². The third-order valence-electron chi connectivity index (χ3n) is 2.91. The van der Waals surface area contributed by atoms with Crippen molar-refractivity contribution in [3.63, 3.8) is 0 Å². The third-order valence-corrected chi connectivity index (χ3v) is 2.91. The fourth-order valence-electron chi connectivity index (χ4n) is 2.05. The second-order valence-corrected chi connectivity index (χ2v) is 4.70. The summed E-state index contributed by atoms with van der Waals surface area (Å²) >= 11 is 0. The molecule has 20 heavy (non-hydrogen) atoms. The maximum atomic E-state index is 12.3. The van der Waals surface area contributed by atoms with Gasteiger partial charge in [-0.05, 0) is 18.9 Å². The standard InChI is InChI=1S/C13H17F3N2O2/c1-3-12(17-9(2)8-13(14,15)16)10-5-4-6-11(7-10)18(19)20/h4-7,9,12,17H,3,8H2,1-2H3. The molecule has 0 radical (unpaired) electrons. The zero-order valence-electron chi connectivity index (χ0n) is 11.3. The molecule has 1 rings (SSSR count). The topological polar surface area (TPSA) is 55.2 Å². The Labute approximate surface area is 115 Å².